The monoisotopic (exact) mass is 237 g/mol. The molecule has 0 aliphatic carbocycles. The summed E-state index contributed by atoms with van der Waals surface area (Å²) < 4.78 is 11.7. The van der Waals surface area contributed by atoms with Crippen molar-refractivity contribution < 1.29 is 19.4 Å². The summed E-state index contributed by atoms with van der Waals surface area (Å²) in [5.41, 5.74) is 0.211. The highest BCUT2D eigenvalue weighted by atomic mass is 16.7. The molecule has 0 bridgehead atoms. The van der Waals surface area contributed by atoms with Crippen LogP contribution in [0.1, 0.15) is 27.7 Å². The molecule has 0 aromatic carbocycles. The quantitative estimate of drug-likeness (QED) is 0.576. The predicted molar refractivity (Wildman–Crippen MR) is 66.3 cm³/mol. The molecule has 1 aromatic heterocycles. The van der Waals surface area contributed by atoms with Crippen LogP contribution in [-0.2, 0) is 9.31 Å². The van der Waals surface area contributed by atoms with Gasteiger partial charge in [-0.25, -0.2) is 0 Å². The van der Waals surface area contributed by atoms with E-state index < -0.39 is 25.4 Å². The van der Waals surface area contributed by atoms with Crippen molar-refractivity contribution in [2.75, 3.05) is 0 Å². The molecule has 0 unspecified atom stereocenters. The maximum atomic E-state index is 9.03. The van der Waals surface area contributed by atoms with Crippen LogP contribution in [0.2, 0.25) is 0 Å². The van der Waals surface area contributed by atoms with Gasteiger partial charge in [-0.15, -0.1) is 0 Å². The number of aromatic nitrogens is 1. The van der Waals surface area contributed by atoms with Gasteiger partial charge < -0.3 is 24.3 Å². The Balaban J connectivity index is 2.20. The molecule has 0 spiro atoms. The number of rotatable bonds is 2. The van der Waals surface area contributed by atoms with E-state index in [0.717, 1.165) is 0 Å². The molecule has 0 amide bonds. The number of hydrogen-bond acceptors (Lipinski definition) is 4. The summed E-state index contributed by atoms with van der Waals surface area (Å²) in [6, 6.07) is 3.34. The second kappa shape index (κ2) is 3.88. The van der Waals surface area contributed by atoms with Crippen LogP contribution in [0.3, 0.4) is 0 Å². The maximum Gasteiger partial charge on any atom is 0.512 e. The van der Waals surface area contributed by atoms with Crippen molar-refractivity contribution in [3.63, 3.8) is 0 Å². The molecule has 0 saturated carbocycles. The van der Waals surface area contributed by atoms with Gasteiger partial charge in [-0.05, 0) is 39.8 Å². The number of hydrogen-bond donors (Lipinski definition) is 3. The lowest BCUT2D eigenvalue weighted by Gasteiger charge is -2.32. The Kier molecular flexibility index (Phi) is 2.90. The summed E-state index contributed by atoms with van der Waals surface area (Å²) >= 11 is 0. The van der Waals surface area contributed by atoms with Crippen molar-refractivity contribution in [1.29, 1.82) is 0 Å². The van der Waals surface area contributed by atoms with Gasteiger partial charge in [-0.2, -0.15) is 0 Å². The van der Waals surface area contributed by atoms with Crippen LogP contribution in [0.25, 0.3) is 0 Å². The highest BCUT2D eigenvalue weighted by Gasteiger charge is 2.52. The van der Waals surface area contributed by atoms with E-state index in [9.17, 15) is 0 Å². The highest BCUT2D eigenvalue weighted by Crippen LogP contribution is 2.36. The van der Waals surface area contributed by atoms with Crippen molar-refractivity contribution in [2.45, 2.75) is 38.9 Å². The molecule has 0 atom stereocenters. The lowest BCUT2D eigenvalue weighted by Crippen LogP contribution is -2.41. The molecule has 2 rings (SSSR count). The van der Waals surface area contributed by atoms with Crippen LogP contribution >= 0.6 is 0 Å². The Labute approximate surface area is 101 Å². The fourth-order valence-corrected chi connectivity index (χ4v) is 1.69. The third-order valence-corrected chi connectivity index (χ3v) is 3.52. The average molecular weight is 237 g/mol. The standard InChI is InChI=1S/C10H17B2NO4/c1-9(2)10(3,4)17-12(16-9)8-6-5-7(13-8)11(14)15/h5-6,13-15H,1-4H3. The van der Waals surface area contributed by atoms with E-state index in [1.54, 1.807) is 12.1 Å². The third kappa shape index (κ3) is 2.15. The zero-order valence-electron chi connectivity index (χ0n) is 10.5. The number of nitrogens with one attached hydrogen (secondary N) is 1. The van der Waals surface area contributed by atoms with Crippen molar-refractivity contribution in [2.24, 2.45) is 0 Å². The third-order valence-electron chi connectivity index (χ3n) is 3.52. The van der Waals surface area contributed by atoms with Crippen LogP contribution < -0.4 is 11.2 Å². The SMILES string of the molecule is CC1(C)OB(c2ccc(B(O)O)[nH]2)OC1(C)C. The van der Waals surface area contributed by atoms with E-state index in [1.165, 1.54) is 0 Å². The minimum Gasteiger partial charge on any atom is -0.422 e. The van der Waals surface area contributed by atoms with Crippen molar-refractivity contribution in [3.8, 4) is 0 Å². The first-order valence-electron chi connectivity index (χ1n) is 5.63. The molecule has 1 saturated heterocycles. The molecule has 1 aliphatic rings. The van der Waals surface area contributed by atoms with E-state index in [-0.39, 0.29) is 0 Å². The van der Waals surface area contributed by atoms with Crippen molar-refractivity contribution in [1.82, 2.24) is 4.98 Å². The second-order valence-electron chi connectivity index (χ2n) is 5.33. The molecule has 3 N–H and O–H groups in total. The van der Waals surface area contributed by atoms with Crippen LogP contribution in [-0.4, -0.2) is 40.5 Å². The molecule has 7 heteroatoms. The fourth-order valence-electron chi connectivity index (χ4n) is 1.69. The Hall–Kier alpha value is -0.750. The van der Waals surface area contributed by atoms with Crippen LogP contribution in [0.4, 0.5) is 0 Å². The van der Waals surface area contributed by atoms with E-state index in [2.05, 4.69) is 4.98 Å². The van der Waals surface area contributed by atoms with Gasteiger partial charge in [0.1, 0.15) is 0 Å². The van der Waals surface area contributed by atoms with E-state index in [1.807, 2.05) is 27.7 Å². The average Bonchev–Trinajstić information content (AvgIpc) is 2.70. The van der Waals surface area contributed by atoms with Crippen molar-refractivity contribution in [3.05, 3.63) is 12.1 Å². The van der Waals surface area contributed by atoms with Crippen LogP contribution in [0, 0.1) is 0 Å². The zero-order valence-corrected chi connectivity index (χ0v) is 10.5. The summed E-state index contributed by atoms with van der Waals surface area (Å²) in [6.45, 7) is 7.88. The van der Waals surface area contributed by atoms with Crippen LogP contribution in [0.15, 0.2) is 12.1 Å². The first-order valence-corrected chi connectivity index (χ1v) is 5.63. The topological polar surface area (TPSA) is 74.7 Å². The number of aromatic amines is 1. The molecule has 17 heavy (non-hydrogen) atoms. The molecule has 0 radical (unpaired) electrons. The minimum absolute atomic E-state index is 0.328. The predicted octanol–water partition coefficient (Wildman–Crippen LogP) is -1.01. The smallest absolute Gasteiger partial charge is 0.422 e. The summed E-state index contributed by atoms with van der Waals surface area (Å²) in [7, 11) is -2.02. The van der Waals surface area contributed by atoms with Gasteiger partial charge in [-0.3, -0.25) is 0 Å². The zero-order chi connectivity index (χ0) is 12.8. The van der Waals surface area contributed by atoms with Gasteiger partial charge in [0.15, 0.2) is 0 Å². The van der Waals surface area contributed by atoms with Crippen molar-refractivity contribution >= 4 is 25.4 Å². The Morgan fingerprint density at radius 3 is 2.06 bits per heavy atom. The summed E-state index contributed by atoms with van der Waals surface area (Å²) in [5.74, 6) is 0. The molecular formula is C10H17B2NO4. The summed E-state index contributed by atoms with van der Waals surface area (Å²) in [4.78, 5) is 2.88. The number of H-pyrrole nitrogens is 1. The minimum atomic E-state index is -1.51. The first-order chi connectivity index (χ1) is 7.73. The van der Waals surface area contributed by atoms with Gasteiger partial charge in [0.25, 0.3) is 0 Å². The molecule has 1 fully saturated rings. The molecule has 2 heterocycles. The maximum absolute atomic E-state index is 9.03. The lowest BCUT2D eigenvalue weighted by atomic mass is 9.85. The molecule has 1 aliphatic heterocycles. The Bertz CT molecular complexity index is 400. The first kappa shape index (κ1) is 12.7. The largest absolute Gasteiger partial charge is 0.512 e. The molecule has 92 valence electrons. The molecular weight excluding hydrogens is 220 g/mol. The van der Waals surface area contributed by atoms with Gasteiger partial charge in [0.05, 0.1) is 11.2 Å². The van der Waals surface area contributed by atoms with Gasteiger partial charge in [0, 0.05) is 11.2 Å². The fraction of sp³-hybridized carbons (Fsp3) is 0.600. The van der Waals surface area contributed by atoms with Gasteiger partial charge >= 0.3 is 14.2 Å². The van der Waals surface area contributed by atoms with Crippen LogP contribution in [0.5, 0.6) is 0 Å². The molecule has 5 nitrogen and oxygen atoms in total. The van der Waals surface area contributed by atoms with Gasteiger partial charge in [0.2, 0.25) is 0 Å². The van der Waals surface area contributed by atoms with E-state index in [4.69, 9.17) is 19.4 Å². The highest BCUT2D eigenvalue weighted by molar-refractivity contribution is 6.63. The van der Waals surface area contributed by atoms with E-state index in [0.29, 0.717) is 11.2 Å². The normalized spacial score (nSPS) is 21.9. The molecule has 1 aromatic rings. The lowest BCUT2D eigenvalue weighted by molar-refractivity contribution is 0.00578. The summed E-state index contributed by atoms with van der Waals surface area (Å²) in [6.07, 6.45) is 0. The van der Waals surface area contributed by atoms with Gasteiger partial charge in [-0.1, -0.05) is 0 Å². The summed E-state index contributed by atoms with van der Waals surface area (Å²) in [5, 5.41) is 18.1. The Morgan fingerprint density at radius 2 is 1.65 bits per heavy atom. The Morgan fingerprint density at radius 1 is 1.12 bits per heavy atom. The second-order valence-corrected chi connectivity index (χ2v) is 5.33. The van der Waals surface area contributed by atoms with E-state index >= 15 is 0 Å².